The van der Waals surface area contributed by atoms with E-state index in [2.05, 4.69) is 10.4 Å². The third-order valence-electron chi connectivity index (χ3n) is 4.41. The lowest BCUT2D eigenvalue weighted by molar-refractivity contribution is 0.205. The van der Waals surface area contributed by atoms with E-state index < -0.39 is 17.7 Å². The number of nitrogens with one attached hydrogen (secondary N) is 1. The number of hydrogen-bond donors (Lipinski definition) is 1. The molecule has 0 radical (unpaired) electrons. The van der Waals surface area contributed by atoms with Crippen LogP contribution in [0.15, 0.2) is 24.3 Å². The third-order valence-corrected chi connectivity index (χ3v) is 4.41. The summed E-state index contributed by atoms with van der Waals surface area (Å²) in [6, 6.07) is 4.47. The first kappa shape index (κ1) is 17.4. The maximum absolute atomic E-state index is 14.1. The second-order valence-corrected chi connectivity index (χ2v) is 6.66. The molecule has 0 saturated carbocycles. The van der Waals surface area contributed by atoms with Crippen LogP contribution in [0.2, 0.25) is 0 Å². The molecule has 1 atom stereocenters. The molecule has 1 aromatic carbocycles. The molecule has 1 fully saturated rings. The summed E-state index contributed by atoms with van der Waals surface area (Å²) in [5.74, 6) is -0.394. The van der Waals surface area contributed by atoms with Crippen LogP contribution in [0.4, 0.5) is 19.4 Å². The van der Waals surface area contributed by atoms with Crippen LogP contribution in [0.5, 0.6) is 0 Å². The van der Waals surface area contributed by atoms with Gasteiger partial charge in [0, 0.05) is 24.2 Å². The fourth-order valence-electron chi connectivity index (χ4n) is 3.29. The van der Waals surface area contributed by atoms with Crippen molar-refractivity contribution < 1.29 is 13.6 Å². The van der Waals surface area contributed by atoms with E-state index in [4.69, 9.17) is 0 Å². The molecule has 0 aliphatic carbocycles. The highest BCUT2D eigenvalue weighted by atomic mass is 19.1. The SMILES string of the molecule is Cc1cc(NC(=O)N2CCCC2c2cc(F)ccc2F)n(C(C)C)n1. The van der Waals surface area contributed by atoms with Gasteiger partial charge in [0.25, 0.3) is 0 Å². The predicted molar refractivity (Wildman–Crippen MR) is 91.4 cm³/mol. The van der Waals surface area contributed by atoms with Gasteiger partial charge in [0.1, 0.15) is 17.5 Å². The minimum Gasteiger partial charge on any atom is -0.317 e. The lowest BCUT2D eigenvalue weighted by Crippen LogP contribution is -2.35. The standard InChI is InChI=1S/C18H22F2N4O/c1-11(2)24-17(9-12(3)22-24)21-18(25)23-8-4-5-16(23)14-10-13(19)6-7-15(14)20/h6-7,9-11,16H,4-5,8H2,1-3H3,(H,21,25). The van der Waals surface area contributed by atoms with Crippen molar-refractivity contribution in [1.82, 2.24) is 14.7 Å². The number of amides is 2. The molecule has 1 N–H and O–H groups in total. The quantitative estimate of drug-likeness (QED) is 0.893. The van der Waals surface area contributed by atoms with E-state index >= 15 is 0 Å². The summed E-state index contributed by atoms with van der Waals surface area (Å²) in [6.45, 7) is 6.31. The van der Waals surface area contributed by atoms with Crippen molar-refractivity contribution in [2.45, 2.75) is 45.7 Å². The van der Waals surface area contributed by atoms with E-state index in [9.17, 15) is 13.6 Å². The molecule has 2 amide bonds. The van der Waals surface area contributed by atoms with Gasteiger partial charge >= 0.3 is 6.03 Å². The van der Waals surface area contributed by atoms with E-state index in [1.807, 2.05) is 20.8 Å². The van der Waals surface area contributed by atoms with Gasteiger partial charge in [0.2, 0.25) is 0 Å². The highest BCUT2D eigenvalue weighted by molar-refractivity contribution is 5.89. The van der Waals surface area contributed by atoms with Crippen molar-refractivity contribution in [3.63, 3.8) is 0 Å². The molecular formula is C18H22F2N4O. The van der Waals surface area contributed by atoms with Crippen molar-refractivity contribution in [3.8, 4) is 0 Å². The number of aryl methyl sites for hydroxylation is 1. The summed E-state index contributed by atoms with van der Waals surface area (Å²) in [5.41, 5.74) is 1.03. The largest absolute Gasteiger partial charge is 0.323 e. The molecule has 1 aromatic heterocycles. The molecule has 1 saturated heterocycles. The van der Waals surface area contributed by atoms with Crippen molar-refractivity contribution in [2.75, 3.05) is 11.9 Å². The number of likely N-dealkylation sites (tertiary alicyclic amines) is 1. The minimum absolute atomic E-state index is 0.0963. The van der Waals surface area contributed by atoms with Gasteiger partial charge in [-0.25, -0.2) is 18.3 Å². The minimum atomic E-state index is -0.503. The fourth-order valence-corrected chi connectivity index (χ4v) is 3.29. The highest BCUT2D eigenvalue weighted by Crippen LogP contribution is 2.34. The Kier molecular flexibility index (Phi) is 4.74. The summed E-state index contributed by atoms with van der Waals surface area (Å²) in [6.07, 6.45) is 1.35. The molecule has 7 heteroatoms. The monoisotopic (exact) mass is 348 g/mol. The van der Waals surface area contributed by atoms with Crippen LogP contribution in [0, 0.1) is 18.6 Å². The van der Waals surface area contributed by atoms with Crippen LogP contribution < -0.4 is 5.32 Å². The summed E-state index contributed by atoms with van der Waals surface area (Å²) in [5, 5.41) is 7.23. The van der Waals surface area contributed by atoms with E-state index in [0.717, 1.165) is 24.2 Å². The second kappa shape index (κ2) is 6.82. The Labute approximate surface area is 145 Å². The molecule has 0 spiro atoms. The number of benzene rings is 1. The molecular weight excluding hydrogens is 326 g/mol. The Hall–Kier alpha value is -2.44. The first-order valence-corrected chi connectivity index (χ1v) is 8.45. The first-order valence-electron chi connectivity index (χ1n) is 8.45. The molecule has 5 nitrogen and oxygen atoms in total. The van der Waals surface area contributed by atoms with Gasteiger partial charge in [0.15, 0.2) is 0 Å². The fraction of sp³-hybridized carbons (Fsp3) is 0.444. The predicted octanol–water partition coefficient (Wildman–Crippen LogP) is 4.42. The molecule has 25 heavy (non-hydrogen) atoms. The zero-order valence-corrected chi connectivity index (χ0v) is 14.6. The maximum atomic E-state index is 14.1. The van der Waals surface area contributed by atoms with Gasteiger partial charge in [-0.2, -0.15) is 5.10 Å². The van der Waals surface area contributed by atoms with Gasteiger partial charge in [-0.15, -0.1) is 0 Å². The summed E-state index contributed by atoms with van der Waals surface area (Å²) in [4.78, 5) is 14.3. The molecule has 1 aliphatic heterocycles. The number of nitrogens with zero attached hydrogens (tertiary/aromatic N) is 3. The normalized spacial score (nSPS) is 17.4. The Morgan fingerprint density at radius 1 is 1.32 bits per heavy atom. The number of rotatable bonds is 3. The van der Waals surface area contributed by atoms with E-state index in [-0.39, 0.29) is 17.6 Å². The van der Waals surface area contributed by atoms with Crippen LogP contribution in [-0.2, 0) is 0 Å². The van der Waals surface area contributed by atoms with E-state index in [0.29, 0.717) is 18.8 Å². The van der Waals surface area contributed by atoms with E-state index in [1.54, 1.807) is 15.6 Å². The second-order valence-electron chi connectivity index (χ2n) is 6.66. The zero-order chi connectivity index (χ0) is 18.1. The van der Waals surface area contributed by atoms with Gasteiger partial charge in [-0.3, -0.25) is 5.32 Å². The Bertz CT molecular complexity index is 787. The van der Waals surface area contributed by atoms with Crippen LogP contribution in [-0.4, -0.2) is 27.3 Å². The van der Waals surface area contributed by atoms with Crippen LogP contribution in [0.1, 0.15) is 50.0 Å². The number of carbonyl (C=O) groups is 1. The molecule has 2 aromatic rings. The molecule has 1 unspecified atom stereocenters. The van der Waals surface area contributed by atoms with Crippen LogP contribution in [0.25, 0.3) is 0 Å². The van der Waals surface area contributed by atoms with Gasteiger partial charge in [-0.05, 0) is 51.8 Å². The molecule has 1 aliphatic rings. The maximum Gasteiger partial charge on any atom is 0.323 e. The molecule has 3 rings (SSSR count). The Morgan fingerprint density at radius 3 is 2.80 bits per heavy atom. The Morgan fingerprint density at radius 2 is 2.08 bits per heavy atom. The number of aromatic nitrogens is 2. The number of anilines is 1. The highest BCUT2D eigenvalue weighted by Gasteiger charge is 2.32. The topological polar surface area (TPSA) is 50.2 Å². The summed E-state index contributed by atoms with van der Waals surface area (Å²) in [7, 11) is 0. The average Bonchev–Trinajstić information content (AvgIpc) is 3.16. The Balaban J connectivity index is 1.83. The lowest BCUT2D eigenvalue weighted by Gasteiger charge is -2.26. The van der Waals surface area contributed by atoms with Gasteiger partial charge in [-0.1, -0.05) is 0 Å². The van der Waals surface area contributed by atoms with E-state index in [1.165, 1.54) is 6.07 Å². The zero-order valence-electron chi connectivity index (χ0n) is 14.6. The lowest BCUT2D eigenvalue weighted by atomic mass is 10.0. The molecule has 134 valence electrons. The van der Waals surface area contributed by atoms with Crippen molar-refractivity contribution >= 4 is 11.8 Å². The van der Waals surface area contributed by atoms with Crippen molar-refractivity contribution in [2.24, 2.45) is 0 Å². The van der Waals surface area contributed by atoms with Crippen molar-refractivity contribution in [1.29, 1.82) is 0 Å². The molecule has 0 bridgehead atoms. The van der Waals surface area contributed by atoms with Gasteiger partial charge < -0.3 is 4.90 Å². The smallest absolute Gasteiger partial charge is 0.317 e. The number of carbonyl (C=O) groups excluding carboxylic acids is 1. The van der Waals surface area contributed by atoms with Crippen LogP contribution in [0.3, 0.4) is 0 Å². The van der Waals surface area contributed by atoms with Gasteiger partial charge in [0.05, 0.1) is 11.7 Å². The summed E-state index contributed by atoms with van der Waals surface area (Å²) >= 11 is 0. The average molecular weight is 348 g/mol. The number of hydrogen-bond acceptors (Lipinski definition) is 2. The number of halogens is 2. The van der Waals surface area contributed by atoms with Crippen LogP contribution >= 0.6 is 0 Å². The summed E-state index contributed by atoms with van der Waals surface area (Å²) < 4.78 is 29.4. The van der Waals surface area contributed by atoms with Crippen molar-refractivity contribution in [3.05, 3.63) is 47.2 Å². The molecule has 2 heterocycles. The first-order chi connectivity index (χ1) is 11.9. The third kappa shape index (κ3) is 3.50. The number of urea groups is 1.